The summed E-state index contributed by atoms with van der Waals surface area (Å²) in [5.74, 6) is -2.33. The number of carbonyl (C=O) groups excluding carboxylic acids is 1. The summed E-state index contributed by atoms with van der Waals surface area (Å²) < 4.78 is 28.5. The van der Waals surface area contributed by atoms with Crippen molar-refractivity contribution >= 4 is 33.7 Å². The Kier molecular flexibility index (Phi) is 5.17. The van der Waals surface area contributed by atoms with Gasteiger partial charge >= 0.3 is 16.2 Å². The number of hydrogen-bond acceptors (Lipinski definition) is 6. The van der Waals surface area contributed by atoms with Crippen molar-refractivity contribution in [1.29, 1.82) is 0 Å². The zero-order chi connectivity index (χ0) is 19.4. The summed E-state index contributed by atoms with van der Waals surface area (Å²) in [4.78, 5) is 32.0. The minimum Gasteiger partial charge on any atom is -0.478 e. The summed E-state index contributed by atoms with van der Waals surface area (Å²) in [5, 5.41) is 9.31. The van der Waals surface area contributed by atoms with E-state index in [-0.39, 0.29) is 35.6 Å². The van der Waals surface area contributed by atoms with E-state index in [9.17, 15) is 23.1 Å². The van der Waals surface area contributed by atoms with Crippen molar-refractivity contribution in [2.75, 3.05) is 9.03 Å². The van der Waals surface area contributed by atoms with Gasteiger partial charge in [-0.15, -0.1) is 0 Å². The number of amides is 1. The third kappa shape index (κ3) is 3.95. The third-order valence-electron chi connectivity index (χ3n) is 3.94. The molecule has 1 aromatic carbocycles. The number of benzene rings is 1. The van der Waals surface area contributed by atoms with Gasteiger partial charge in [0.1, 0.15) is 0 Å². The molecule has 1 amide bonds. The van der Waals surface area contributed by atoms with Gasteiger partial charge in [0.05, 0.1) is 5.69 Å². The lowest BCUT2D eigenvalue weighted by molar-refractivity contribution is -0.133. The molecule has 9 nitrogen and oxygen atoms in total. The van der Waals surface area contributed by atoms with Crippen LogP contribution in [-0.2, 0) is 19.8 Å². The molecule has 1 aliphatic rings. The van der Waals surface area contributed by atoms with E-state index >= 15 is 0 Å². The monoisotopic (exact) mass is 388 g/mol. The van der Waals surface area contributed by atoms with E-state index in [1.807, 2.05) is 0 Å². The maximum atomic E-state index is 13.0. The minimum absolute atomic E-state index is 0.0225. The number of carboxylic acids is 1. The second-order valence-corrected chi connectivity index (χ2v) is 7.22. The largest absolute Gasteiger partial charge is 0.478 e. The number of carbonyl (C=O) groups is 2. The van der Waals surface area contributed by atoms with Gasteiger partial charge in [-0.25, -0.2) is 19.5 Å². The van der Waals surface area contributed by atoms with Crippen molar-refractivity contribution in [2.45, 2.75) is 19.3 Å². The Morgan fingerprint density at radius 3 is 2.26 bits per heavy atom. The molecule has 1 aromatic heterocycles. The summed E-state index contributed by atoms with van der Waals surface area (Å²) in [6, 6.07) is 9.22. The predicted octanol–water partition coefficient (Wildman–Crippen LogP) is 1.73. The molecule has 0 unspecified atom stereocenters. The van der Waals surface area contributed by atoms with E-state index in [0.29, 0.717) is 10.7 Å². The Balaban J connectivity index is 2.06. The molecular formula is C17H16N4O5S. The zero-order valence-corrected chi connectivity index (χ0v) is 14.9. The second-order valence-electron chi connectivity index (χ2n) is 5.70. The molecule has 0 saturated heterocycles. The molecule has 0 aliphatic heterocycles. The quantitative estimate of drug-likeness (QED) is 0.771. The minimum atomic E-state index is -4.43. The van der Waals surface area contributed by atoms with Crippen LogP contribution in [0.15, 0.2) is 59.9 Å². The van der Waals surface area contributed by atoms with Crippen LogP contribution >= 0.6 is 0 Å². The van der Waals surface area contributed by atoms with Gasteiger partial charge in [0.15, 0.2) is 0 Å². The Labute approximate surface area is 155 Å². The van der Waals surface area contributed by atoms with Crippen LogP contribution in [0.4, 0.5) is 11.6 Å². The van der Waals surface area contributed by atoms with Crippen molar-refractivity contribution in [3.63, 3.8) is 0 Å². The van der Waals surface area contributed by atoms with E-state index < -0.39 is 22.1 Å². The molecule has 0 saturated carbocycles. The molecule has 3 rings (SSSR count). The van der Waals surface area contributed by atoms with E-state index in [2.05, 4.69) is 14.7 Å². The van der Waals surface area contributed by atoms with E-state index in [4.69, 9.17) is 0 Å². The molecule has 27 heavy (non-hydrogen) atoms. The molecular weight excluding hydrogens is 372 g/mol. The molecule has 2 aromatic rings. The number of hydrogen-bond donors (Lipinski definition) is 2. The fourth-order valence-corrected chi connectivity index (χ4v) is 3.93. The number of nitrogens with one attached hydrogen (secondary N) is 1. The number of para-hydroxylation sites is 1. The summed E-state index contributed by atoms with van der Waals surface area (Å²) in [6.45, 7) is 0. The molecule has 2 N–H and O–H groups in total. The van der Waals surface area contributed by atoms with E-state index in [1.165, 1.54) is 30.6 Å². The Hall–Kier alpha value is -3.27. The fourth-order valence-electron chi connectivity index (χ4n) is 2.78. The van der Waals surface area contributed by atoms with Crippen molar-refractivity contribution in [1.82, 2.24) is 9.97 Å². The molecule has 140 valence electrons. The molecule has 0 bridgehead atoms. The van der Waals surface area contributed by atoms with Gasteiger partial charge in [-0.3, -0.25) is 4.79 Å². The van der Waals surface area contributed by atoms with Crippen molar-refractivity contribution in [3.8, 4) is 0 Å². The second kappa shape index (κ2) is 7.54. The summed E-state index contributed by atoms with van der Waals surface area (Å²) in [7, 11) is -4.43. The van der Waals surface area contributed by atoms with Crippen LogP contribution < -0.4 is 9.03 Å². The number of aliphatic carboxylic acids is 1. The lowest BCUT2D eigenvalue weighted by Crippen LogP contribution is -2.42. The third-order valence-corrected chi connectivity index (χ3v) is 5.23. The smallest absolute Gasteiger partial charge is 0.333 e. The molecule has 1 heterocycles. The average Bonchev–Trinajstić information content (AvgIpc) is 3.13. The zero-order valence-electron chi connectivity index (χ0n) is 14.1. The summed E-state index contributed by atoms with van der Waals surface area (Å²) in [6.07, 6.45) is 3.58. The van der Waals surface area contributed by atoms with Crippen LogP contribution in [0.3, 0.4) is 0 Å². The number of nitrogens with zero attached hydrogens (tertiary/aromatic N) is 3. The lowest BCUT2D eigenvalue weighted by atomic mass is 10.1. The highest BCUT2D eigenvalue weighted by Gasteiger charge is 2.36. The van der Waals surface area contributed by atoms with Gasteiger partial charge in [-0.2, -0.15) is 12.7 Å². The van der Waals surface area contributed by atoms with Crippen molar-refractivity contribution in [2.24, 2.45) is 0 Å². The Bertz CT molecular complexity index is 990. The average molecular weight is 388 g/mol. The fraction of sp³-hybridized carbons (Fsp3) is 0.176. The topological polar surface area (TPSA) is 130 Å². The molecule has 0 fully saturated rings. The lowest BCUT2D eigenvalue weighted by Gasteiger charge is -2.23. The van der Waals surface area contributed by atoms with E-state index in [0.717, 1.165) is 0 Å². The maximum absolute atomic E-state index is 13.0. The number of carboxylic acid groups (broad SMARTS) is 1. The van der Waals surface area contributed by atoms with Crippen LogP contribution in [-0.4, -0.2) is 35.4 Å². The molecule has 0 atom stereocenters. The van der Waals surface area contributed by atoms with Gasteiger partial charge in [-0.1, -0.05) is 18.2 Å². The summed E-state index contributed by atoms with van der Waals surface area (Å²) in [5.41, 5.74) is -0.00660. The van der Waals surface area contributed by atoms with Gasteiger partial charge in [-0.05, 0) is 37.5 Å². The first kappa shape index (κ1) is 18.5. The van der Waals surface area contributed by atoms with Crippen LogP contribution in [0.1, 0.15) is 19.3 Å². The number of aromatic nitrogens is 2. The van der Waals surface area contributed by atoms with Crippen LogP contribution in [0.5, 0.6) is 0 Å². The van der Waals surface area contributed by atoms with E-state index in [1.54, 1.807) is 18.2 Å². The molecule has 10 heteroatoms. The highest BCUT2D eigenvalue weighted by atomic mass is 32.2. The molecule has 0 radical (unpaired) electrons. The predicted molar refractivity (Wildman–Crippen MR) is 97.0 cm³/mol. The first-order valence-electron chi connectivity index (χ1n) is 8.05. The first-order valence-corrected chi connectivity index (χ1v) is 9.49. The Morgan fingerprint density at radius 1 is 1.00 bits per heavy atom. The Morgan fingerprint density at radius 2 is 1.63 bits per heavy atom. The highest BCUT2D eigenvalue weighted by Crippen LogP contribution is 2.30. The number of anilines is 2. The van der Waals surface area contributed by atoms with Crippen LogP contribution in [0.25, 0.3) is 0 Å². The van der Waals surface area contributed by atoms with Gasteiger partial charge < -0.3 is 5.11 Å². The number of rotatable bonds is 6. The highest BCUT2D eigenvalue weighted by molar-refractivity contribution is 7.94. The van der Waals surface area contributed by atoms with Gasteiger partial charge in [0, 0.05) is 23.5 Å². The standard InChI is InChI=1S/C17H16N4O5S/c22-15(13-8-4-9-14(13)16(23)24)21(12-6-2-1-3-7-12)27(25,26)20-17-18-10-5-11-19-17/h1-3,5-7,10-11H,4,8-9H2,(H,23,24)(H,18,19,20). The van der Waals surface area contributed by atoms with Crippen molar-refractivity contribution < 1.29 is 23.1 Å². The van der Waals surface area contributed by atoms with Crippen LogP contribution in [0, 0.1) is 0 Å². The van der Waals surface area contributed by atoms with Crippen molar-refractivity contribution in [3.05, 3.63) is 59.9 Å². The molecule has 1 aliphatic carbocycles. The first-order chi connectivity index (χ1) is 12.9. The van der Waals surface area contributed by atoms with Crippen LogP contribution in [0.2, 0.25) is 0 Å². The SMILES string of the molecule is O=C(O)C1=C(C(=O)N(c2ccccc2)S(=O)(=O)Nc2ncccn2)CCC1. The maximum Gasteiger partial charge on any atom is 0.333 e. The summed E-state index contributed by atoms with van der Waals surface area (Å²) >= 11 is 0. The normalized spacial score (nSPS) is 14.1. The molecule has 0 spiro atoms. The van der Waals surface area contributed by atoms with Gasteiger partial charge in [0.25, 0.3) is 5.91 Å². The van der Waals surface area contributed by atoms with Gasteiger partial charge in [0.2, 0.25) is 5.95 Å².